The van der Waals surface area contributed by atoms with Crippen LogP contribution < -0.4 is 4.90 Å². The van der Waals surface area contributed by atoms with E-state index in [2.05, 4.69) is 0 Å². The Balaban J connectivity index is 2.36. The molecule has 4 heteroatoms. The van der Waals surface area contributed by atoms with Gasteiger partial charge in [-0.25, -0.2) is 4.90 Å². The van der Waals surface area contributed by atoms with Gasteiger partial charge in [-0.05, 0) is 12.1 Å². The minimum Gasteiger partial charge on any atom is -0.274 e. The maximum Gasteiger partial charge on any atom is 0.252 e. The van der Waals surface area contributed by atoms with Gasteiger partial charge in [0, 0.05) is 0 Å². The number of hydrogen-bond acceptors (Lipinski definition) is 2. The second-order valence-electron chi connectivity index (χ2n) is 3.07. The van der Waals surface area contributed by atoms with Gasteiger partial charge in [-0.2, -0.15) is 0 Å². The quantitative estimate of drug-likeness (QED) is 0.520. The molecule has 0 aromatic heterocycles. The van der Waals surface area contributed by atoms with Crippen molar-refractivity contribution >= 4 is 29.1 Å². The van der Waals surface area contributed by atoms with Crippen LogP contribution in [0.5, 0.6) is 0 Å². The highest BCUT2D eigenvalue weighted by molar-refractivity contribution is 6.40. The molecular formula is C10H8ClNO2. The summed E-state index contributed by atoms with van der Waals surface area (Å²) >= 11 is 5.69. The van der Waals surface area contributed by atoms with Crippen molar-refractivity contribution in [3.05, 3.63) is 30.3 Å². The van der Waals surface area contributed by atoms with E-state index in [1.54, 1.807) is 24.3 Å². The molecule has 0 saturated carbocycles. The second kappa shape index (κ2) is 3.42. The molecule has 0 N–H and O–H groups in total. The molecule has 0 aliphatic carbocycles. The Morgan fingerprint density at radius 2 is 1.86 bits per heavy atom. The molecule has 0 spiro atoms. The summed E-state index contributed by atoms with van der Waals surface area (Å²) in [5, 5.41) is -0.706. The molecule has 1 saturated heterocycles. The lowest BCUT2D eigenvalue weighted by atomic mass is 10.3. The number of alkyl halides is 1. The highest BCUT2D eigenvalue weighted by Crippen LogP contribution is 2.24. The Labute approximate surface area is 86.3 Å². The Hall–Kier alpha value is -1.35. The predicted octanol–water partition coefficient (Wildman–Crippen LogP) is 1.56. The van der Waals surface area contributed by atoms with Crippen molar-refractivity contribution in [3.8, 4) is 0 Å². The van der Waals surface area contributed by atoms with E-state index in [4.69, 9.17) is 11.6 Å². The zero-order valence-corrected chi connectivity index (χ0v) is 8.07. The molecule has 2 amide bonds. The lowest BCUT2D eigenvalue weighted by Gasteiger charge is -2.13. The largest absolute Gasteiger partial charge is 0.274 e. The first-order valence-electron chi connectivity index (χ1n) is 4.26. The van der Waals surface area contributed by atoms with E-state index in [1.807, 2.05) is 6.07 Å². The van der Waals surface area contributed by atoms with Crippen LogP contribution in [0, 0.1) is 0 Å². The summed E-state index contributed by atoms with van der Waals surface area (Å²) in [6.07, 6.45) is 0.0925. The van der Waals surface area contributed by atoms with Gasteiger partial charge in [0.15, 0.2) is 0 Å². The Morgan fingerprint density at radius 1 is 1.21 bits per heavy atom. The maximum absolute atomic E-state index is 11.5. The van der Waals surface area contributed by atoms with Crippen LogP contribution in [0.25, 0.3) is 0 Å². The molecule has 1 aliphatic rings. The smallest absolute Gasteiger partial charge is 0.252 e. The van der Waals surface area contributed by atoms with Crippen molar-refractivity contribution < 1.29 is 9.59 Å². The number of benzene rings is 1. The van der Waals surface area contributed by atoms with Crippen LogP contribution in [-0.4, -0.2) is 17.2 Å². The number of halogens is 1. The number of rotatable bonds is 1. The van der Waals surface area contributed by atoms with E-state index in [1.165, 1.54) is 0 Å². The monoisotopic (exact) mass is 209 g/mol. The van der Waals surface area contributed by atoms with E-state index >= 15 is 0 Å². The van der Waals surface area contributed by atoms with Crippen LogP contribution in [0.4, 0.5) is 5.69 Å². The number of nitrogens with zero attached hydrogens (tertiary/aromatic N) is 1. The lowest BCUT2D eigenvalue weighted by molar-refractivity contribution is -0.121. The third-order valence-electron chi connectivity index (χ3n) is 2.11. The van der Waals surface area contributed by atoms with Gasteiger partial charge in [-0.15, -0.1) is 11.6 Å². The zero-order chi connectivity index (χ0) is 10.1. The summed E-state index contributed by atoms with van der Waals surface area (Å²) in [6.45, 7) is 0. The summed E-state index contributed by atoms with van der Waals surface area (Å²) in [5.41, 5.74) is 0.589. The molecule has 1 heterocycles. The minimum absolute atomic E-state index is 0.0925. The van der Waals surface area contributed by atoms with Gasteiger partial charge in [0.05, 0.1) is 12.1 Å². The van der Waals surface area contributed by atoms with Gasteiger partial charge < -0.3 is 0 Å². The molecule has 3 nitrogen and oxygen atoms in total. The highest BCUT2D eigenvalue weighted by atomic mass is 35.5. The van der Waals surface area contributed by atoms with E-state index in [0.29, 0.717) is 5.69 Å². The predicted molar refractivity (Wildman–Crippen MR) is 53.2 cm³/mol. The fraction of sp³-hybridized carbons (Fsp3) is 0.200. The van der Waals surface area contributed by atoms with Crippen molar-refractivity contribution in [1.82, 2.24) is 0 Å². The summed E-state index contributed by atoms with van der Waals surface area (Å²) in [5.74, 6) is -0.566. The van der Waals surface area contributed by atoms with Crippen molar-refractivity contribution in [1.29, 1.82) is 0 Å². The van der Waals surface area contributed by atoms with E-state index in [9.17, 15) is 9.59 Å². The Kier molecular flexibility index (Phi) is 2.25. The number of carbonyl (C=O) groups is 2. The first-order valence-corrected chi connectivity index (χ1v) is 4.69. The normalized spacial score (nSPS) is 21.8. The molecule has 1 fully saturated rings. The van der Waals surface area contributed by atoms with Gasteiger partial charge >= 0.3 is 0 Å². The summed E-state index contributed by atoms with van der Waals surface area (Å²) in [6, 6.07) is 8.80. The van der Waals surface area contributed by atoms with Gasteiger partial charge in [-0.1, -0.05) is 18.2 Å². The number of imide groups is 1. The molecule has 1 atom stereocenters. The molecule has 2 rings (SSSR count). The molecule has 1 aromatic rings. The first-order chi connectivity index (χ1) is 6.70. The second-order valence-corrected chi connectivity index (χ2v) is 3.60. The minimum atomic E-state index is -0.706. The topological polar surface area (TPSA) is 37.4 Å². The van der Waals surface area contributed by atoms with Crippen molar-refractivity contribution in [2.24, 2.45) is 0 Å². The van der Waals surface area contributed by atoms with Crippen LogP contribution >= 0.6 is 11.6 Å². The van der Waals surface area contributed by atoms with Crippen LogP contribution in [0.2, 0.25) is 0 Å². The van der Waals surface area contributed by atoms with Gasteiger partial charge in [0.1, 0.15) is 5.38 Å². The van der Waals surface area contributed by atoms with Crippen LogP contribution in [0.1, 0.15) is 6.42 Å². The molecule has 0 unspecified atom stereocenters. The summed E-state index contributed by atoms with van der Waals surface area (Å²) < 4.78 is 0. The lowest BCUT2D eigenvalue weighted by Crippen LogP contribution is -2.30. The molecule has 0 bridgehead atoms. The molecule has 0 radical (unpaired) electrons. The standard InChI is InChI=1S/C10H8ClNO2/c11-8-6-9(13)12(10(8)14)7-4-2-1-3-5-7/h1-5,8H,6H2/t8-/m0/s1. The molecule has 72 valence electrons. The third-order valence-corrected chi connectivity index (χ3v) is 2.45. The SMILES string of the molecule is O=C1C[C@H](Cl)C(=O)N1c1ccccc1. The fourth-order valence-corrected chi connectivity index (χ4v) is 1.67. The first kappa shape index (κ1) is 9.21. The number of amides is 2. The number of para-hydroxylation sites is 1. The van der Waals surface area contributed by atoms with Crippen LogP contribution in [0.15, 0.2) is 30.3 Å². The maximum atomic E-state index is 11.5. The van der Waals surface area contributed by atoms with Crippen LogP contribution in [-0.2, 0) is 9.59 Å². The number of carbonyl (C=O) groups excluding carboxylic acids is 2. The van der Waals surface area contributed by atoms with Crippen LogP contribution in [0.3, 0.4) is 0 Å². The van der Waals surface area contributed by atoms with E-state index in [0.717, 1.165) is 4.90 Å². The van der Waals surface area contributed by atoms with Crippen molar-refractivity contribution in [2.75, 3.05) is 4.90 Å². The average Bonchev–Trinajstić information content (AvgIpc) is 2.43. The summed E-state index contributed by atoms with van der Waals surface area (Å²) in [4.78, 5) is 24.0. The average molecular weight is 210 g/mol. The molecular weight excluding hydrogens is 202 g/mol. The van der Waals surface area contributed by atoms with Gasteiger partial charge in [-0.3, -0.25) is 9.59 Å². The fourth-order valence-electron chi connectivity index (χ4n) is 1.44. The van der Waals surface area contributed by atoms with Crippen molar-refractivity contribution in [2.45, 2.75) is 11.8 Å². The number of hydrogen-bond donors (Lipinski definition) is 0. The Bertz CT molecular complexity index is 377. The third kappa shape index (κ3) is 1.40. The summed E-state index contributed by atoms with van der Waals surface area (Å²) in [7, 11) is 0. The zero-order valence-electron chi connectivity index (χ0n) is 7.31. The molecule has 1 aromatic carbocycles. The number of anilines is 1. The van der Waals surface area contributed by atoms with E-state index < -0.39 is 5.38 Å². The highest BCUT2D eigenvalue weighted by Gasteiger charge is 2.37. The van der Waals surface area contributed by atoms with Gasteiger partial charge in [0.25, 0.3) is 5.91 Å². The molecule has 14 heavy (non-hydrogen) atoms. The Morgan fingerprint density at radius 3 is 2.36 bits per heavy atom. The van der Waals surface area contributed by atoms with Crippen molar-refractivity contribution in [3.63, 3.8) is 0 Å². The van der Waals surface area contributed by atoms with E-state index in [-0.39, 0.29) is 18.2 Å². The van der Waals surface area contributed by atoms with Gasteiger partial charge in [0.2, 0.25) is 5.91 Å². The molecule has 1 aliphatic heterocycles.